The Labute approximate surface area is 170 Å². The monoisotopic (exact) mass is 415 g/mol. The number of aromatic amines is 1. The molecular weight excluding hydrogens is 398 g/mol. The number of benzene rings is 1. The van der Waals surface area contributed by atoms with Crippen LogP contribution in [0.15, 0.2) is 52.0 Å². The molecule has 0 saturated carbocycles. The van der Waals surface area contributed by atoms with Gasteiger partial charge in [-0.15, -0.1) is 22.7 Å². The summed E-state index contributed by atoms with van der Waals surface area (Å²) in [4.78, 5) is 24.8. The van der Waals surface area contributed by atoms with Crippen molar-refractivity contribution in [3.05, 3.63) is 73.2 Å². The van der Waals surface area contributed by atoms with E-state index in [9.17, 15) is 4.79 Å². The Hall–Kier alpha value is -1.99. The number of nitrogens with zero attached hydrogens (tertiary/aromatic N) is 2. The molecule has 4 nitrogen and oxygen atoms in total. The van der Waals surface area contributed by atoms with Crippen molar-refractivity contribution in [2.75, 3.05) is 6.54 Å². The van der Waals surface area contributed by atoms with E-state index in [1.54, 1.807) is 11.3 Å². The van der Waals surface area contributed by atoms with Crippen molar-refractivity contribution in [1.29, 1.82) is 0 Å². The lowest BCUT2D eigenvalue weighted by molar-refractivity contribution is 0.267. The van der Waals surface area contributed by atoms with Gasteiger partial charge in [-0.3, -0.25) is 9.69 Å². The van der Waals surface area contributed by atoms with E-state index in [1.165, 1.54) is 16.2 Å². The minimum absolute atomic E-state index is 0.113. The maximum absolute atomic E-state index is 12.8. The number of aromatic nitrogens is 2. The van der Waals surface area contributed by atoms with E-state index in [0.29, 0.717) is 22.8 Å². The molecule has 27 heavy (non-hydrogen) atoms. The fraction of sp³-hybridized carbons (Fsp3) is 0.200. The van der Waals surface area contributed by atoms with Gasteiger partial charge in [0, 0.05) is 33.0 Å². The Balaban J connectivity index is 1.67. The van der Waals surface area contributed by atoms with Gasteiger partial charge >= 0.3 is 0 Å². The summed E-state index contributed by atoms with van der Waals surface area (Å²) in [5.74, 6) is 0.693. The predicted octanol–water partition coefficient (Wildman–Crippen LogP) is 5.39. The minimum atomic E-state index is -0.113. The molecule has 0 bridgehead atoms. The predicted molar refractivity (Wildman–Crippen MR) is 115 cm³/mol. The van der Waals surface area contributed by atoms with Crippen molar-refractivity contribution >= 4 is 44.5 Å². The minimum Gasteiger partial charge on any atom is -0.309 e. The van der Waals surface area contributed by atoms with Crippen molar-refractivity contribution in [2.45, 2.75) is 20.0 Å². The maximum atomic E-state index is 12.8. The van der Waals surface area contributed by atoms with E-state index in [1.807, 2.05) is 29.6 Å². The third-order valence-electron chi connectivity index (χ3n) is 4.44. The van der Waals surface area contributed by atoms with Crippen LogP contribution in [0.3, 0.4) is 0 Å². The van der Waals surface area contributed by atoms with Crippen LogP contribution in [-0.2, 0) is 13.1 Å². The van der Waals surface area contributed by atoms with Gasteiger partial charge in [-0.1, -0.05) is 42.8 Å². The topological polar surface area (TPSA) is 49.0 Å². The highest BCUT2D eigenvalue weighted by atomic mass is 35.5. The van der Waals surface area contributed by atoms with Gasteiger partial charge in [-0.25, -0.2) is 4.98 Å². The Bertz CT molecular complexity index is 1120. The lowest BCUT2D eigenvalue weighted by atomic mass is 10.1. The van der Waals surface area contributed by atoms with Crippen molar-refractivity contribution in [3.63, 3.8) is 0 Å². The molecule has 0 aliphatic heterocycles. The summed E-state index contributed by atoms with van der Waals surface area (Å²) >= 11 is 9.54. The molecule has 0 amide bonds. The van der Waals surface area contributed by atoms with Crippen LogP contribution in [0.2, 0.25) is 5.02 Å². The fourth-order valence-electron chi connectivity index (χ4n) is 3.06. The molecule has 0 radical (unpaired) electrons. The van der Waals surface area contributed by atoms with Crippen LogP contribution < -0.4 is 5.56 Å². The highest BCUT2D eigenvalue weighted by Gasteiger charge is 2.16. The van der Waals surface area contributed by atoms with Gasteiger partial charge in [0.25, 0.3) is 5.56 Å². The first-order valence-electron chi connectivity index (χ1n) is 8.65. The highest BCUT2D eigenvalue weighted by molar-refractivity contribution is 7.17. The number of halogens is 1. The second-order valence-electron chi connectivity index (χ2n) is 6.20. The van der Waals surface area contributed by atoms with Crippen LogP contribution in [-0.4, -0.2) is 21.4 Å². The zero-order valence-electron chi connectivity index (χ0n) is 14.7. The van der Waals surface area contributed by atoms with Crippen LogP contribution in [0.25, 0.3) is 21.3 Å². The number of thiophene rings is 2. The average molecular weight is 416 g/mol. The second-order valence-corrected chi connectivity index (χ2v) is 8.50. The summed E-state index contributed by atoms with van der Waals surface area (Å²) in [6, 6.07) is 11.7. The normalized spacial score (nSPS) is 11.5. The maximum Gasteiger partial charge on any atom is 0.260 e. The first-order valence-corrected chi connectivity index (χ1v) is 10.8. The van der Waals surface area contributed by atoms with Gasteiger partial charge in [0.05, 0.1) is 11.9 Å². The summed E-state index contributed by atoms with van der Waals surface area (Å²) in [5.41, 5.74) is 1.59. The first-order chi connectivity index (χ1) is 13.2. The summed E-state index contributed by atoms with van der Waals surface area (Å²) in [6.45, 7) is 4.46. The zero-order chi connectivity index (χ0) is 18.8. The van der Waals surface area contributed by atoms with E-state index in [2.05, 4.69) is 34.3 Å². The van der Waals surface area contributed by atoms with Crippen LogP contribution in [0.1, 0.15) is 17.6 Å². The number of rotatable bonds is 6. The van der Waals surface area contributed by atoms with E-state index < -0.39 is 0 Å². The van der Waals surface area contributed by atoms with Gasteiger partial charge in [-0.05, 0) is 24.1 Å². The average Bonchev–Trinajstić information content (AvgIpc) is 3.31. The van der Waals surface area contributed by atoms with Gasteiger partial charge < -0.3 is 4.98 Å². The molecule has 1 aromatic carbocycles. The number of H-pyrrole nitrogens is 1. The fourth-order valence-corrected chi connectivity index (χ4v) is 5.00. The number of nitrogens with one attached hydrogen (secondary N) is 1. The van der Waals surface area contributed by atoms with Crippen molar-refractivity contribution < 1.29 is 0 Å². The Kier molecular flexibility index (Phi) is 5.41. The molecule has 0 atom stereocenters. The molecule has 4 rings (SSSR count). The molecule has 0 saturated heterocycles. The molecule has 7 heteroatoms. The SMILES string of the molecule is CCN(Cc1nc2scc(-c3ccccc3Cl)c2c(=O)[nH]1)Cc1cccs1. The van der Waals surface area contributed by atoms with Crippen molar-refractivity contribution in [3.8, 4) is 11.1 Å². The first kappa shape index (κ1) is 18.4. The third-order valence-corrected chi connectivity index (χ3v) is 6.50. The lowest BCUT2D eigenvalue weighted by Crippen LogP contribution is -2.24. The molecule has 0 unspecified atom stereocenters. The van der Waals surface area contributed by atoms with Crippen molar-refractivity contribution in [1.82, 2.24) is 14.9 Å². The highest BCUT2D eigenvalue weighted by Crippen LogP contribution is 2.34. The van der Waals surface area contributed by atoms with Gasteiger partial charge in [0.2, 0.25) is 0 Å². The molecule has 3 aromatic heterocycles. The standard InChI is InChI=1S/C20H18ClN3OS2/c1-2-24(10-13-6-5-9-26-13)11-17-22-19(25)18-15(12-27-20(18)23-17)14-7-3-4-8-16(14)21/h3-9,12H,2,10-11H2,1H3,(H,22,23,25). The summed E-state index contributed by atoms with van der Waals surface area (Å²) < 4.78 is 0. The smallest absolute Gasteiger partial charge is 0.260 e. The van der Waals surface area contributed by atoms with Gasteiger partial charge in [0.1, 0.15) is 10.7 Å². The van der Waals surface area contributed by atoms with Crippen LogP contribution in [0.5, 0.6) is 0 Å². The summed E-state index contributed by atoms with van der Waals surface area (Å²) in [7, 11) is 0. The summed E-state index contributed by atoms with van der Waals surface area (Å²) in [5, 5.41) is 5.28. The molecule has 0 spiro atoms. The van der Waals surface area contributed by atoms with Gasteiger partial charge in [0.15, 0.2) is 0 Å². The Morgan fingerprint density at radius 2 is 1.96 bits per heavy atom. The molecular formula is C20H18ClN3OS2. The quantitative estimate of drug-likeness (QED) is 0.459. The molecule has 0 fully saturated rings. The molecule has 0 aliphatic rings. The largest absolute Gasteiger partial charge is 0.309 e. The Morgan fingerprint density at radius 1 is 1.11 bits per heavy atom. The van der Waals surface area contributed by atoms with Gasteiger partial charge in [-0.2, -0.15) is 0 Å². The second kappa shape index (κ2) is 7.94. The number of hydrogen-bond donors (Lipinski definition) is 1. The third kappa shape index (κ3) is 3.84. The molecule has 138 valence electrons. The van der Waals surface area contributed by atoms with Crippen LogP contribution >= 0.6 is 34.3 Å². The van der Waals surface area contributed by atoms with Crippen LogP contribution in [0.4, 0.5) is 0 Å². The lowest BCUT2D eigenvalue weighted by Gasteiger charge is -2.18. The van der Waals surface area contributed by atoms with E-state index >= 15 is 0 Å². The van der Waals surface area contributed by atoms with E-state index in [0.717, 1.165) is 29.0 Å². The molecule has 4 aromatic rings. The van der Waals surface area contributed by atoms with Crippen molar-refractivity contribution in [2.24, 2.45) is 0 Å². The Morgan fingerprint density at radius 3 is 2.70 bits per heavy atom. The zero-order valence-corrected chi connectivity index (χ0v) is 17.1. The summed E-state index contributed by atoms with van der Waals surface area (Å²) in [6.07, 6.45) is 0. The number of hydrogen-bond acceptors (Lipinski definition) is 5. The van der Waals surface area contributed by atoms with E-state index in [4.69, 9.17) is 16.6 Å². The molecule has 0 aliphatic carbocycles. The molecule has 3 heterocycles. The van der Waals surface area contributed by atoms with E-state index in [-0.39, 0.29) is 5.56 Å². The van der Waals surface area contributed by atoms with Crippen LogP contribution in [0, 0.1) is 0 Å². The number of fused-ring (bicyclic) bond motifs is 1. The molecule has 1 N–H and O–H groups in total.